The summed E-state index contributed by atoms with van der Waals surface area (Å²) in [4.78, 5) is 21.6. The van der Waals surface area contributed by atoms with Crippen molar-refractivity contribution in [2.24, 2.45) is 0 Å². The topological polar surface area (TPSA) is 66.3 Å². The Morgan fingerprint density at radius 2 is 2.05 bits per heavy atom. The van der Waals surface area contributed by atoms with Crippen LogP contribution in [0.5, 0.6) is 0 Å². The van der Waals surface area contributed by atoms with Crippen molar-refractivity contribution in [3.8, 4) is 0 Å². The van der Waals surface area contributed by atoms with E-state index in [0.29, 0.717) is 11.6 Å². The van der Waals surface area contributed by atoms with Crippen molar-refractivity contribution in [2.75, 3.05) is 11.4 Å². The summed E-state index contributed by atoms with van der Waals surface area (Å²) in [6.07, 6.45) is 3.37. The quantitative estimate of drug-likeness (QED) is 0.768. The average Bonchev–Trinajstić information content (AvgIpc) is 2.33. The molecule has 1 heterocycles. The summed E-state index contributed by atoms with van der Waals surface area (Å²) in [7, 11) is 0. The third-order valence-electron chi connectivity index (χ3n) is 2.94. The van der Waals surface area contributed by atoms with Crippen LogP contribution >= 0.6 is 0 Å². The Morgan fingerprint density at radius 3 is 2.58 bits per heavy atom. The molecule has 1 N–H and O–H groups in total. The van der Waals surface area contributed by atoms with Crippen molar-refractivity contribution < 1.29 is 9.90 Å². The van der Waals surface area contributed by atoms with Crippen molar-refractivity contribution in [1.82, 2.24) is 9.97 Å². The minimum absolute atomic E-state index is 0.0589. The maximum atomic E-state index is 11.0. The number of aryl methyl sites for hydroxylation is 1. The highest BCUT2D eigenvalue weighted by Crippen LogP contribution is 2.15. The number of hydrogen-bond acceptors (Lipinski definition) is 4. The molecule has 0 radical (unpaired) electrons. The molecule has 0 unspecified atom stereocenters. The summed E-state index contributed by atoms with van der Waals surface area (Å²) < 4.78 is 0. The predicted molar refractivity (Wildman–Crippen MR) is 75.7 cm³/mol. The number of carbonyl (C=O) groups is 1. The molecule has 0 aliphatic rings. The van der Waals surface area contributed by atoms with Gasteiger partial charge in [-0.25, -0.2) is 14.8 Å². The van der Waals surface area contributed by atoms with Gasteiger partial charge >= 0.3 is 5.97 Å². The molecule has 0 saturated heterocycles. The van der Waals surface area contributed by atoms with Gasteiger partial charge in [-0.15, -0.1) is 0 Å². The summed E-state index contributed by atoms with van der Waals surface area (Å²) in [5.74, 6) is -0.493. The standard InChI is InChI=1S/C14H23N3O2/c1-5-6-7-8-17(10(2)3)14-15-11(4)9-12(16-14)13(18)19/h9-10H,5-8H2,1-4H3,(H,18,19). The highest BCUT2D eigenvalue weighted by molar-refractivity contribution is 5.85. The lowest BCUT2D eigenvalue weighted by Gasteiger charge is -2.27. The van der Waals surface area contributed by atoms with E-state index < -0.39 is 5.97 Å². The van der Waals surface area contributed by atoms with E-state index in [2.05, 4.69) is 35.6 Å². The highest BCUT2D eigenvalue weighted by Gasteiger charge is 2.16. The number of anilines is 1. The molecule has 0 atom stereocenters. The zero-order valence-electron chi connectivity index (χ0n) is 12.2. The van der Waals surface area contributed by atoms with Crippen molar-refractivity contribution in [2.45, 2.75) is 53.0 Å². The van der Waals surface area contributed by atoms with Gasteiger partial charge in [0.15, 0.2) is 5.69 Å². The van der Waals surface area contributed by atoms with E-state index >= 15 is 0 Å². The Bertz CT molecular complexity index is 433. The third kappa shape index (κ3) is 4.50. The van der Waals surface area contributed by atoms with Gasteiger partial charge in [0.25, 0.3) is 0 Å². The molecule has 1 aromatic rings. The number of hydrogen-bond donors (Lipinski definition) is 1. The first-order valence-electron chi connectivity index (χ1n) is 6.81. The Balaban J connectivity index is 2.98. The van der Waals surface area contributed by atoms with E-state index in [4.69, 9.17) is 5.11 Å². The fourth-order valence-corrected chi connectivity index (χ4v) is 1.91. The van der Waals surface area contributed by atoms with Crippen LogP contribution in [-0.4, -0.2) is 33.6 Å². The van der Waals surface area contributed by atoms with Gasteiger partial charge in [-0.2, -0.15) is 0 Å². The predicted octanol–water partition coefficient (Wildman–Crippen LogP) is 2.89. The van der Waals surface area contributed by atoms with E-state index in [1.165, 1.54) is 6.07 Å². The van der Waals surface area contributed by atoms with Crippen LogP contribution in [0.3, 0.4) is 0 Å². The summed E-state index contributed by atoms with van der Waals surface area (Å²) in [6, 6.07) is 1.75. The van der Waals surface area contributed by atoms with Gasteiger partial charge in [0, 0.05) is 18.3 Å². The Morgan fingerprint density at radius 1 is 1.37 bits per heavy atom. The van der Waals surface area contributed by atoms with Gasteiger partial charge < -0.3 is 10.0 Å². The second-order valence-electron chi connectivity index (χ2n) is 4.99. The zero-order valence-corrected chi connectivity index (χ0v) is 12.2. The lowest BCUT2D eigenvalue weighted by atomic mass is 10.2. The minimum atomic E-state index is -1.01. The Kier molecular flexibility index (Phi) is 5.73. The number of rotatable bonds is 7. The summed E-state index contributed by atoms with van der Waals surface area (Å²) in [6.45, 7) is 8.94. The number of aromatic carboxylic acids is 1. The molecule has 106 valence electrons. The fourth-order valence-electron chi connectivity index (χ4n) is 1.91. The normalized spacial score (nSPS) is 10.8. The van der Waals surface area contributed by atoms with Crippen molar-refractivity contribution in [3.63, 3.8) is 0 Å². The SMILES string of the molecule is CCCCCN(c1nc(C)cc(C(=O)O)n1)C(C)C. The monoisotopic (exact) mass is 265 g/mol. The molecule has 19 heavy (non-hydrogen) atoms. The van der Waals surface area contributed by atoms with Crippen LogP contribution in [0.4, 0.5) is 5.95 Å². The van der Waals surface area contributed by atoms with Crippen molar-refractivity contribution in [3.05, 3.63) is 17.5 Å². The third-order valence-corrected chi connectivity index (χ3v) is 2.94. The highest BCUT2D eigenvalue weighted by atomic mass is 16.4. The molecule has 0 fully saturated rings. The van der Waals surface area contributed by atoms with E-state index in [0.717, 1.165) is 25.8 Å². The van der Waals surface area contributed by atoms with Crippen LogP contribution in [0.15, 0.2) is 6.07 Å². The van der Waals surface area contributed by atoms with Gasteiger partial charge in [0.2, 0.25) is 5.95 Å². The summed E-state index contributed by atoms with van der Waals surface area (Å²) in [5, 5.41) is 9.06. The number of unbranched alkanes of at least 4 members (excludes halogenated alkanes) is 2. The fraction of sp³-hybridized carbons (Fsp3) is 0.643. The molecule has 0 aromatic carbocycles. The average molecular weight is 265 g/mol. The summed E-state index contributed by atoms with van der Waals surface area (Å²) >= 11 is 0. The lowest BCUT2D eigenvalue weighted by Crippen LogP contribution is -2.33. The molecule has 5 nitrogen and oxygen atoms in total. The van der Waals surface area contributed by atoms with Crippen LogP contribution in [0.25, 0.3) is 0 Å². The maximum Gasteiger partial charge on any atom is 0.354 e. The first-order chi connectivity index (χ1) is 8.95. The van der Waals surface area contributed by atoms with E-state index in [-0.39, 0.29) is 11.7 Å². The van der Waals surface area contributed by atoms with Gasteiger partial charge in [-0.1, -0.05) is 19.8 Å². The number of aromatic nitrogens is 2. The van der Waals surface area contributed by atoms with Crippen molar-refractivity contribution >= 4 is 11.9 Å². The molecule has 0 amide bonds. The van der Waals surface area contributed by atoms with E-state index in [9.17, 15) is 4.79 Å². The van der Waals surface area contributed by atoms with Gasteiger partial charge in [-0.05, 0) is 33.3 Å². The molecular formula is C14H23N3O2. The van der Waals surface area contributed by atoms with E-state index in [1.807, 2.05) is 0 Å². The maximum absolute atomic E-state index is 11.0. The molecule has 5 heteroatoms. The second-order valence-corrected chi connectivity index (χ2v) is 4.99. The Labute approximate surface area is 114 Å². The zero-order chi connectivity index (χ0) is 14.4. The number of carboxylic acid groups (broad SMARTS) is 1. The minimum Gasteiger partial charge on any atom is -0.477 e. The molecule has 0 saturated carbocycles. The van der Waals surface area contributed by atoms with E-state index in [1.54, 1.807) is 6.92 Å². The second kappa shape index (κ2) is 7.07. The van der Waals surface area contributed by atoms with Crippen LogP contribution in [0.1, 0.15) is 56.2 Å². The molecule has 0 aliphatic carbocycles. The van der Waals surface area contributed by atoms with Crippen LogP contribution in [-0.2, 0) is 0 Å². The van der Waals surface area contributed by atoms with Crippen molar-refractivity contribution in [1.29, 1.82) is 0 Å². The van der Waals surface area contributed by atoms with Crippen LogP contribution in [0.2, 0.25) is 0 Å². The Hall–Kier alpha value is -1.65. The molecule has 0 spiro atoms. The van der Waals surface area contributed by atoms with Crippen LogP contribution < -0.4 is 4.90 Å². The molecule has 0 aliphatic heterocycles. The lowest BCUT2D eigenvalue weighted by molar-refractivity contribution is 0.0690. The molecule has 1 rings (SSSR count). The van der Waals surface area contributed by atoms with Gasteiger partial charge in [0.05, 0.1) is 0 Å². The molecular weight excluding hydrogens is 242 g/mol. The van der Waals surface area contributed by atoms with Crippen LogP contribution in [0, 0.1) is 6.92 Å². The van der Waals surface area contributed by atoms with Gasteiger partial charge in [-0.3, -0.25) is 0 Å². The number of nitrogens with zero attached hydrogens (tertiary/aromatic N) is 3. The largest absolute Gasteiger partial charge is 0.477 e. The smallest absolute Gasteiger partial charge is 0.354 e. The first kappa shape index (κ1) is 15.4. The first-order valence-corrected chi connectivity index (χ1v) is 6.81. The summed E-state index contributed by atoms with van der Waals surface area (Å²) in [5.41, 5.74) is 0.743. The number of carboxylic acids is 1. The molecule has 1 aromatic heterocycles. The van der Waals surface area contributed by atoms with Gasteiger partial charge in [0.1, 0.15) is 0 Å². The molecule has 0 bridgehead atoms.